The molecule has 0 amide bonds. The van der Waals surface area contributed by atoms with Crippen LogP contribution in [-0.2, 0) is 6.54 Å². The van der Waals surface area contributed by atoms with E-state index in [0.29, 0.717) is 39.9 Å². The van der Waals surface area contributed by atoms with Crippen molar-refractivity contribution in [3.8, 4) is 23.0 Å². The SMILES string of the molecule is COc1ccc(-c2nnc(CNc3cc(Cl)cc(Cl)c3)o2)cc1OC. The van der Waals surface area contributed by atoms with E-state index in [2.05, 4.69) is 15.5 Å². The Labute approximate surface area is 154 Å². The zero-order valence-electron chi connectivity index (χ0n) is 13.5. The zero-order valence-corrected chi connectivity index (χ0v) is 15.1. The summed E-state index contributed by atoms with van der Waals surface area (Å²) in [5, 5.41) is 12.3. The van der Waals surface area contributed by atoms with Crippen molar-refractivity contribution < 1.29 is 13.9 Å². The molecule has 0 radical (unpaired) electrons. The monoisotopic (exact) mass is 379 g/mol. The van der Waals surface area contributed by atoms with Crippen molar-refractivity contribution in [2.45, 2.75) is 6.54 Å². The molecule has 25 heavy (non-hydrogen) atoms. The number of ether oxygens (including phenoxy) is 2. The predicted octanol–water partition coefficient (Wildman–Crippen LogP) is 4.67. The fourth-order valence-corrected chi connectivity index (χ4v) is 2.77. The Morgan fingerprint density at radius 2 is 1.68 bits per heavy atom. The quantitative estimate of drug-likeness (QED) is 0.670. The summed E-state index contributed by atoms with van der Waals surface area (Å²) in [7, 11) is 3.15. The van der Waals surface area contributed by atoms with Crippen LogP contribution in [0.25, 0.3) is 11.5 Å². The Kier molecular flexibility index (Phi) is 5.31. The lowest BCUT2D eigenvalue weighted by Gasteiger charge is -2.07. The fourth-order valence-electron chi connectivity index (χ4n) is 2.24. The number of methoxy groups -OCH3 is 2. The van der Waals surface area contributed by atoms with E-state index in [0.717, 1.165) is 11.3 Å². The maximum atomic E-state index is 5.97. The Hall–Kier alpha value is -2.44. The lowest BCUT2D eigenvalue weighted by Crippen LogP contribution is -1.99. The highest BCUT2D eigenvalue weighted by atomic mass is 35.5. The highest BCUT2D eigenvalue weighted by Crippen LogP contribution is 2.31. The van der Waals surface area contributed by atoms with Crippen molar-refractivity contribution in [1.29, 1.82) is 0 Å². The second-order valence-electron chi connectivity index (χ2n) is 5.08. The van der Waals surface area contributed by atoms with Crippen LogP contribution in [0, 0.1) is 0 Å². The van der Waals surface area contributed by atoms with Gasteiger partial charge < -0.3 is 19.2 Å². The van der Waals surface area contributed by atoms with Crippen LogP contribution in [0.4, 0.5) is 5.69 Å². The minimum atomic E-state index is 0.344. The molecule has 1 aromatic heterocycles. The number of hydrogen-bond donors (Lipinski definition) is 1. The van der Waals surface area contributed by atoms with Gasteiger partial charge in [0, 0.05) is 21.3 Å². The lowest BCUT2D eigenvalue weighted by molar-refractivity contribution is 0.355. The average molecular weight is 380 g/mol. The van der Waals surface area contributed by atoms with Gasteiger partial charge in [0.15, 0.2) is 11.5 Å². The van der Waals surface area contributed by atoms with E-state index in [1.165, 1.54) is 0 Å². The van der Waals surface area contributed by atoms with Gasteiger partial charge in [0.25, 0.3) is 0 Å². The van der Waals surface area contributed by atoms with E-state index in [4.69, 9.17) is 37.1 Å². The smallest absolute Gasteiger partial charge is 0.247 e. The molecule has 1 heterocycles. The highest BCUT2D eigenvalue weighted by Gasteiger charge is 2.12. The van der Waals surface area contributed by atoms with Gasteiger partial charge in [0.05, 0.1) is 20.8 Å². The number of halogens is 2. The van der Waals surface area contributed by atoms with E-state index < -0.39 is 0 Å². The topological polar surface area (TPSA) is 69.4 Å². The number of benzene rings is 2. The van der Waals surface area contributed by atoms with Gasteiger partial charge in [-0.05, 0) is 36.4 Å². The third-order valence-electron chi connectivity index (χ3n) is 3.40. The van der Waals surface area contributed by atoms with Gasteiger partial charge >= 0.3 is 0 Å². The van der Waals surface area contributed by atoms with Crippen LogP contribution < -0.4 is 14.8 Å². The molecule has 8 heteroatoms. The molecule has 0 fully saturated rings. The van der Waals surface area contributed by atoms with E-state index in [-0.39, 0.29) is 0 Å². The van der Waals surface area contributed by atoms with E-state index in [9.17, 15) is 0 Å². The van der Waals surface area contributed by atoms with Crippen molar-refractivity contribution in [2.24, 2.45) is 0 Å². The minimum absolute atomic E-state index is 0.344. The molecule has 0 aliphatic carbocycles. The molecule has 0 aliphatic rings. The Morgan fingerprint density at radius 3 is 2.36 bits per heavy atom. The molecule has 3 rings (SSSR count). The standard InChI is InChI=1S/C17H15Cl2N3O3/c1-23-14-4-3-10(5-15(14)24-2)17-22-21-16(25-17)9-20-13-7-11(18)6-12(19)8-13/h3-8,20H,9H2,1-2H3. The Bertz CT molecular complexity index is 863. The molecule has 0 saturated heterocycles. The van der Waals surface area contributed by atoms with Gasteiger partial charge in [0.1, 0.15) is 0 Å². The van der Waals surface area contributed by atoms with Crippen LogP contribution in [0.3, 0.4) is 0 Å². The minimum Gasteiger partial charge on any atom is -0.493 e. The second kappa shape index (κ2) is 7.63. The highest BCUT2D eigenvalue weighted by molar-refractivity contribution is 6.35. The Balaban J connectivity index is 1.74. The molecule has 2 aromatic carbocycles. The molecule has 0 atom stereocenters. The summed E-state index contributed by atoms with van der Waals surface area (Å²) in [4.78, 5) is 0. The van der Waals surface area contributed by atoms with Crippen LogP contribution in [-0.4, -0.2) is 24.4 Å². The first kappa shape index (κ1) is 17.4. The van der Waals surface area contributed by atoms with Gasteiger partial charge in [-0.2, -0.15) is 0 Å². The molecule has 3 aromatic rings. The molecule has 0 unspecified atom stereocenters. The summed E-state index contributed by atoms with van der Waals surface area (Å²) in [6.45, 7) is 0.344. The number of nitrogens with zero attached hydrogens (tertiary/aromatic N) is 2. The summed E-state index contributed by atoms with van der Waals surface area (Å²) in [5.74, 6) is 2.04. The van der Waals surface area contributed by atoms with E-state index in [1.54, 1.807) is 44.6 Å². The van der Waals surface area contributed by atoms with Gasteiger partial charge in [-0.1, -0.05) is 23.2 Å². The third-order valence-corrected chi connectivity index (χ3v) is 3.84. The normalized spacial score (nSPS) is 10.6. The molecule has 0 aliphatic heterocycles. The molecule has 0 spiro atoms. The fraction of sp³-hybridized carbons (Fsp3) is 0.176. The van der Waals surface area contributed by atoms with Gasteiger partial charge in [0.2, 0.25) is 11.8 Å². The van der Waals surface area contributed by atoms with Crippen molar-refractivity contribution in [3.63, 3.8) is 0 Å². The number of nitrogens with one attached hydrogen (secondary N) is 1. The maximum absolute atomic E-state index is 5.97. The van der Waals surface area contributed by atoms with Crippen molar-refractivity contribution in [2.75, 3.05) is 19.5 Å². The predicted molar refractivity (Wildman–Crippen MR) is 96.6 cm³/mol. The Morgan fingerprint density at radius 1 is 0.960 bits per heavy atom. The molecule has 1 N–H and O–H groups in total. The van der Waals surface area contributed by atoms with Crippen LogP contribution >= 0.6 is 23.2 Å². The summed E-state index contributed by atoms with van der Waals surface area (Å²) in [6.07, 6.45) is 0. The zero-order chi connectivity index (χ0) is 17.8. The van der Waals surface area contributed by atoms with Gasteiger partial charge in [-0.3, -0.25) is 0 Å². The summed E-state index contributed by atoms with van der Waals surface area (Å²) in [6, 6.07) is 10.6. The summed E-state index contributed by atoms with van der Waals surface area (Å²) in [5.41, 5.74) is 1.51. The summed E-state index contributed by atoms with van der Waals surface area (Å²) < 4.78 is 16.2. The number of rotatable bonds is 6. The molecule has 0 saturated carbocycles. The van der Waals surface area contributed by atoms with Crippen molar-refractivity contribution in [1.82, 2.24) is 10.2 Å². The third kappa shape index (κ3) is 4.15. The van der Waals surface area contributed by atoms with Gasteiger partial charge in [-0.25, -0.2) is 0 Å². The van der Waals surface area contributed by atoms with Gasteiger partial charge in [-0.15, -0.1) is 10.2 Å². The first-order chi connectivity index (χ1) is 12.1. The maximum Gasteiger partial charge on any atom is 0.247 e. The van der Waals surface area contributed by atoms with E-state index in [1.807, 2.05) is 6.07 Å². The largest absolute Gasteiger partial charge is 0.493 e. The average Bonchev–Trinajstić information content (AvgIpc) is 3.07. The molecule has 0 bridgehead atoms. The van der Waals surface area contributed by atoms with Crippen LogP contribution in [0.15, 0.2) is 40.8 Å². The molecular weight excluding hydrogens is 365 g/mol. The van der Waals surface area contributed by atoms with Crippen LogP contribution in [0.1, 0.15) is 5.89 Å². The second-order valence-corrected chi connectivity index (χ2v) is 5.96. The number of aromatic nitrogens is 2. The van der Waals surface area contributed by atoms with Crippen molar-refractivity contribution >= 4 is 28.9 Å². The lowest BCUT2D eigenvalue weighted by atomic mass is 10.2. The molecule has 6 nitrogen and oxygen atoms in total. The van der Waals surface area contributed by atoms with Crippen LogP contribution in [0.2, 0.25) is 10.0 Å². The first-order valence-electron chi connectivity index (χ1n) is 7.34. The first-order valence-corrected chi connectivity index (χ1v) is 8.09. The van der Waals surface area contributed by atoms with E-state index >= 15 is 0 Å². The summed E-state index contributed by atoms with van der Waals surface area (Å²) >= 11 is 11.9. The molecular formula is C17H15Cl2N3O3. The van der Waals surface area contributed by atoms with Crippen LogP contribution in [0.5, 0.6) is 11.5 Å². The number of hydrogen-bond acceptors (Lipinski definition) is 6. The van der Waals surface area contributed by atoms with Crippen molar-refractivity contribution in [3.05, 3.63) is 52.3 Å². The molecule has 130 valence electrons. The number of anilines is 1.